The molecule has 0 saturated carbocycles. The maximum Gasteiger partial charge on any atom is 0.123 e. The molecule has 1 aromatic carbocycles. The van der Waals surface area contributed by atoms with Crippen LogP contribution in [0.2, 0.25) is 0 Å². The van der Waals surface area contributed by atoms with Crippen LogP contribution in [0.3, 0.4) is 0 Å². The van der Waals surface area contributed by atoms with Crippen molar-refractivity contribution < 1.29 is 9.50 Å². The zero-order valence-corrected chi connectivity index (χ0v) is 11.8. The summed E-state index contributed by atoms with van der Waals surface area (Å²) in [6, 6.07) is 6.21. The Bertz CT molecular complexity index is 556. The molecule has 5 heteroatoms. The molecule has 0 spiro atoms. The zero-order chi connectivity index (χ0) is 14.5. The maximum absolute atomic E-state index is 13.1. The van der Waals surface area contributed by atoms with Gasteiger partial charge in [0.2, 0.25) is 0 Å². The number of halogens is 1. The van der Waals surface area contributed by atoms with Gasteiger partial charge in [-0.15, -0.1) is 0 Å². The first-order chi connectivity index (χ1) is 9.54. The van der Waals surface area contributed by atoms with Crippen LogP contribution in [-0.2, 0) is 6.54 Å². The van der Waals surface area contributed by atoms with Crippen LogP contribution in [0.5, 0.6) is 0 Å². The van der Waals surface area contributed by atoms with E-state index < -0.39 is 6.10 Å². The Hall–Kier alpha value is -1.72. The van der Waals surface area contributed by atoms with Crippen LogP contribution in [0.4, 0.5) is 4.39 Å². The standard InChI is InChI=1S/C15H20FN3O/c1-11-7-18-19(9-11)10-12(2)17-8-15(20)13-4-3-5-14(16)6-13/h3-7,9,12,15,17,20H,8,10H2,1-2H3/t12-,15-/m1/s1. The van der Waals surface area contributed by atoms with Gasteiger partial charge < -0.3 is 10.4 Å². The van der Waals surface area contributed by atoms with Gasteiger partial charge in [-0.2, -0.15) is 5.10 Å². The van der Waals surface area contributed by atoms with Gasteiger partial charge in [0.25, 0.3) is 0 Å². The van der Waals surface area contributed by atoms with Gasteiger partial charge in [-0.25, -0.2) is 4.39 Å². The molecule has 0 aliphatic heterocycles. The highest BCUT2D eigenvalue weighted by molar-refractivity contribution is 5.18. The van der Waals surface area contributed by atoms with Crippen LogP contribution < -0.4 is 5.32 Å². The number of hydrogen-bond donors (Lipinski definition) is 2. The van der Waals surface area contributed by atoms with Crippen molar-refractivity contribution in [1.29, 1.82) is 0 Å². The summed E-state index contributed by atoms with van der Waals surface area (Å²) in [6.45, 7) is 5.12. The Kier molecular flexibility index (Phi) is 4.87. The van der Waals surface area contributed by atoms with Crippen LogP contribution in [0.1, 0.15) is 24.2 Å². The lowest BCUT2D eigenvalue weighted by molar-refractivity contribution is 0.168. The molecule has 4 nitrogen and oxygen atoms in total. The van der Waals surface area contributed by atoms with Gasteiger partial charge in [-0.05, 0) is 37.1 Å². The normalized spacial score (nSPS) is 14.2. The minimum atomic E-state index is -0.715. The van der Waals surface area contributed by atoms with E-state index in [9.17, 15) is 9.50 Å². The van der Waals surface area contributed by atoms with Gasteiger partial charge in [0.05, 0.1) is 18.8 Å². The van der Waals surface area contributed by atoms with Crippen molar-refractivity contribution in [3.63, 3.8) is 0 Å². The van der Waals surface area contributed by atoms with Crippen molar-refractivity contribution in [2.45, 2.75) is 32.5 Å². The molecule has 108 valence electrons. The molecule has 2 aromatic rings. The van der Waals surface area contributed by atoms with E-state index in [1.807, 2.05) is 30.9 Å². The number of nitrogens with one attached hydrogen (secondary N) is 1. The second kappa shape index (κ2) is 6.63. The summed E-state index contributed by atoms with van der Waals surface area (Å²) in [5, 5.41) is 17.5. The number of aliphatic hydroxyl groups excluding tert-OH is 1. The Morgan fingerprint density at radius 2 is 2.25 bits per heavy atom. The summed E-state index contributed by atoms with van der Waals surface area (Å²) < 4.78 is 14.9. The number of aliphatic hydroxyl groups is 1. The molecule has 2 N–H and O–H groups in total. The quantitative estimate of drug-likeness (QED) is 0.849. The summed E-state index contributed by atoms with van der Waals surface area (Å²) in [5.74, 6) is -0.332. The number of hydrogen-bond acceptors (Lipinski definition) is 3. The highest BCUT2D eigenvalue weighted by atomic mass is 19.1. The predicted molar refractivity (Wildman–Crippen MR) is 75.8 cm³/mol. The molecular formula is C15H20FN3O. The SMILES string of the molecule is Cc1cnn(C[C@@H](C)NC[C@@H](O)c2cccc(F)c2)c1. The molecule has 1 aromatic heterocycles. The van der Waals surface area contributed by atoms with E-state index in [0.29, 0.717) is 12.1 Å². The smallest absolute Gasteiger partial charge is 0.123 e. The van der Waals surface area contributed by atoms with Gasteiger partial charge in [0.15, 0.2) is 0 Å². The predicted octanol–water partition coefficient (Wildman–Crippen LogP) is 2.04. The van der Waals surface area contributed by atoms with E-state index in [0.717, 1.165) is 12.1 Å². The van der Waals surface area contributed by atoms with Gasteiger partial charge in [-0.3, -0.25) is 4.68 Å². The molecule has 20 heavy (non-hydrogen) atoms. The average Bonchev–Trinajstić information content (AvgIpc) is 2.81. The summed E-state index contributed by atoms with van der Waals surface area (Å²) in [7, 11) is 0. The first kappa shape index (κ1) is 14.7. The Morgan fingerprint density at radius 1 is 1.45 bits per heavy atom. The van der Waals surface area contributed by atoms with E-state index in [-0.39, 0.29) is 11.9 Å². The molecule has 0 aliphatic rings. The van der Waals surface area contributed by atoms with E-state index in [2.05, 4.69) is 10.4 Å². The average molecular weight is 277 g/mol. The molecule has 0 bridgehead atoms. The Labute approximate surface area is 118 Å². The number of benzene rings is 1. The number of aromatic nitrogens is 2. The lowest BCUT2D eigenvalue weighted by atomic mass is 10.1. The zero-order valence-electron chi connectivity index (χ0n) is 11.8. The third kappa shape index (κ3) is 4.15. The number of nitrogens with zero attached hydrogens (tertiary/aromatic N) is 2. The van der Waals surface area contributed by atoms with Gasteiger partial charge in [0.1, 0.15) is 5.82 Å². The highest BCUT2D eigenvalue weighted by Gasteiger charge is 2.10. The Morgan fingerprint density at radius 3 is 2.90 bits per heavy atom. The fraction of sp³-hybridized carbons (Fsp3) is 0.400. The summed E-state index contributed by atoms with van der Waals surface area (Å²) in [5.41, 5.74) is 1.71. The fourth-order valence-electron chi connectivity index (χ4n) is 2.06. The Balaban J connectivity index is 1.82. The lowest BCUT2D eigenvalue weighted by Gasteiger charge is -2.17. The van der Waals surface area contributed by atoms with Crippen molar-refractivity contribution >= 4 is 0 Å². The largest absolute Gasteiger partial charge is 0.387 e. The van der Waals surface area contributed by atoms with Crippen LogP contribution in [0.15, 0.2) is 36.7 Å². The third-order valence-corrected chi connectivity index (χ3v) is 3.12. The molecule has 0 unspecified atom stereocenters. The van der Waals surface area contributed by atoms with Crippen LogP contribution in [-0.4, -0.2) is 27.5 Å². The van der Waals surface area contributed by atoms with Crippen LogP contribution in [0.25, 0.3) is 0 Å². The van der Waals surface area contributed by atoms with Crippen LogP contribution in [0, 0.1) is 12.7 Å². The molecule has 0 aliphatic carbocycles. The number of aryl methyl sites for hydroxylation is 1. The molecule has 2 rings (SSSR count). The van der Waals surface area contributed by atoms with Crippen molar-refractivity contribution in [3.05, 3.63) is 53.6 Å². The molecule has 2 atom stereocenters. The summed E-state index contributed by atoms with van der Waals surface area (Å²) in [4.78, 5) is 0. The minimum Gasteiger partial charge on any atom is -0.387 e. The maximum atomic E-state index is 13.1. The third-order valence-electron chi connectivity index (χ3n) is 3.12. The van der Waals surface area contributed by atoms with E-state index in [1.165, 1.54) is 12.1 Å². The molecule has 0 saturated heterocycles. The van der Waals surface area contributed by atoms with Gasteiger partial charge in [-0.1, -0.05) is 12.1 Å². The summed E-state index contributed by atoms with van der Waals surface area (Å²) >= 11 is 0. The molecule has 0 fully saturated rings. The van der Waals surface area contributed by atoms with Crippen molar-refractivity contribution in [1.82, 2.24) is 15.1 Å². The van der Waals surface area contributed by atoms with Crippen molar-refractivity contribution in [3.8, 4) is 0 Å². The fourth-order valence-corrected chi connectivity index (χ4v) is 2.06. The van der Waals surface area contributed by atoms with E-state index >= 15 is 0 Å². The van der Waals surface area contributed by atoms with Crippen molar-refractivity contribution in [2.24, 2.45) is 0 Å². The first-order valence-corrected chi connectivity index (χ1v) is 6.70. The molecule has 1 heterocycles. The molecule has 0 amide bonds. The number of rotatable bonds is 6. The monoisotopic (exact) mass is 277 g/mol. The first-order valence-electron chi connectivity index (χ1n) is 6.70. The van der Waals surface area contributed by atoms with E-state index in [1.54, 1.807) is 12.1 Å². The lowest BCUT2D eigenvalue weighted by Crippen LogP contribution is -2.33. The second-order valence-corrected chi connectivity index (χ2v) is 5.12. The molecular weight excluding hydrogens is 257 g/mol. The van der Waals surface area contributed by atoms with E-state index in [4.69, 9.17) is 0 Å². The minimum absolute atomic E-state index is 0.164. The van der Waals surface area contributed by atoms with Gasteiger partial charge in [0, 0.05) is 18.8 Å². The van der Waals surface area contributed by atoms with Crippen molar-refractivity contribution in [2.75, 3.05) is 6.54 Å². The highest BCUT2D eigenvalue weighted by Crippen LogP contribution is 2.13. The second-order valence-electron chi connectivity index (χ2n) is 5.12. The van der Waals surface area contributed by atoms with Crippen LogP contribution >= 0.6 is 0 Å². The van der Waals surface area contributed by atoms with Gasteiger partial charge >= 0.3 is 0 Å². The molecule has 0 radical (unpaired) electrons. The summed E-state index contributed by atoms with van der Waals surface area (Å²) in [6.07, 6.45) is 3.07. The topological polar surface area (TPSA) is 50.1 Å².